The molecule has 3 rings (SSSR count). The predicted molar refractivity (Wildman–Crippen MR) is 89.0 cm³/mol. The van der Waals surface area contributed by atoms with E-state index in [0.29, 0.717) is 25.7 Å². The molecule has 0 saturated carbocycles. The molecule has 1 aromatic carbocycles. The molecule has 1 aromatic heterocycles. The van der Waals surface area contributed by atoms with Crippen LogP contribution < -0.4 is 5.32 Å². The maximum absolute atomic E-state index is 11.9. The molecule has 0 radical (unpaired) electrons. The number of carbonyl (C=O) groups is 1. The first-order valence-electron chi connectivity index (χ1n) is 7.88. The summed E-state index contributed by atoms with van der Waals surface area (Å²) in [6.45, 7) is 2.22. The number of H-pyrrole nitrogens is 1. The lowest BCUT2D eigenvalue weighted by atomic mass is 10.2. The molecule has 1 atom stereocenters. The van der Waals surface area contributed by atoms with Crippen molar-refractivity contribution in [3.63, 3.8) is 0 Å². The molecule has 2 N–H and O–H groups in total. The van der Waals surface area contributed by atoms with Crippen molar-refractivity contribution in [1.82, 2.24) is 15.3 Å². The number of carbonyl (C=O) groups excluding carboxylic acids is 1. The molecule has 23 heavy (non-hydrogen) atoms. The molecular weight excluding hydrogens is 314 g/mol. The number of aromatic nitrogens is 2. The van der Waals surface area contributed by atoms with Gasteiger partial charge >= 0.3 is 0 Å². The van der Waals surface area contributed by atoms with Crippen LogP contribution in [0.4, 0.5) is 0 Å². The zero-order chi connectivity index (χ0) is 16.4. The average molecular weight is 335 g/mol. The van der Waals surface area contributed by atoms with Crippen molar-refractivity contribution in [1.29, 1.82) is 0 Å². The molecule has 6 nitrogen and oxygen atoms in total. The highest BCUT2D eigenvalue weighted by Crippen LogP contribution is 2.19. The third kappa shape index (κ3) is 3.55. The van der Waals surface area contributed by atoms with Crippen molar-refractivity contribution in [2.45, 2.75) is 37.9 Å². The van der Waals surface area contributed by atoms with E-state index in [1.807, 2.05) is 25.1 Å². The zero-order valence-corrected chi connectivity index (χ0v) is 13.9. The molecule has 1 unspecified atom stereocenters. The molecule has 1 aliphatic heterocycles. The van der Waals surface area contributed by atoms with Gasteiger partial charge in [-0.2, -0.15) is 0 Å². The van der Waals surface area contributed by atoms with E-state index in [1.54, 1.807) is 0 Å². The van der Waals surface area contributed by atoms with Gasteiger partial charge in [0.25, 0.3) is 0 Å². The van der Waals surface area contributed by atoms with Crippen LogP contribution in [-0.2, 0) is 21.1 Å². The Morgan fingerprint density at radius 1 is 1.43 bits per heavy atom. The molecule has 0 bridgehead atoms. The van der Waals surface area contributed by atoms with Crippen LogP contribution >= 0.6 is 0 Å². The second kappa shape index (κ2) is 6.31. The Morgan fingerprint density at radius 3 is 2.96 bits per heavy atom. The predicted octanol–water partition coefficient (Wildman–Crippen LogP) is 1.50. The highest BCUT2D eigenvalue weighted by atomic mass is 32.2. The molecule has 2 heterocycles. The topological polar surface area (TPSA) is 91.9 Å². The first-order chi connectivity index (χ1) is 11.0. The van der Waals surface area contributed by atoms with E-state index in [1.165, 1.54) is 0 Å². The molecule has 1 aliphatic rings. The van der Waals surface area contributed by atoms with Gasteiger partial charge < -0.3 is 10.3 Å². The number of para-hydroxylation sites is 1. The fourth-order valence-electron chi connectivity index (χ4n) is 2.98. The summed E-state index contributed by atoms with van der Waals surface area (Å²) in [6.07, 6.45) is 2.15. The third-order valence-electron chi connectivity index (χ3n) is 4.34. The van der Waals surface area contributed by atoms with E-state index in [-0.39, 0.29) is 18.2 Å². The largest absolute Gasteiger partial charge is 0.355 e. The second-order valence-electron chi connectivity index (χ2n) is 6.09. The number of hydrogen-bond acceptors (Lipinski definition) is 4. The summed E-state index contributed by atoms with van der Waals surface area (Å²) >= 11 is 0. The summed E-state index contributed by atoms with van der Waals surface area (Å²) in [6, 6.07) is 5.93. The lowest BCUT2D eigenvalue weighted by Gasteiger charge is -2.10. The molecule has 1 amide bonds. The van der Waals surface area contributed by atoms with Crippen LogP contribution in [0.15, 0.2) is 18.2 Å². The lowest BCUT2D eigenvalue weighted by molar-refractivity contribution is -0.121. The molecule has 124 valence electrons. The van der Waals surface area contributed by atoms with Crippen LogP contribution in [0.2, 0.25) is 0 Å². The second-order valence-corrected chi connectivity index (χ2v) is 8.49. The minimum Gasteiger partial charge on any atom is -0.355 e. The Morgan fingerprint density at radius 2 is 2.26 bits per heavy atom. The Bertz CT molecular complexity index is 826. The van der Waals surface area contributed by atoms with Crippen LogP contribution in [0, 0.1) is 6.92 Å². The SMILES string of the molecule is Cc1cccc2[nH]c(CCC(=O)NCC3CCCS3(=O)=O)nc12. The zero-order valence-electron chi connectivity index (χ0n) is 13.1. The van der Waals surface area contributed by atoms with Gasteiger partial charge in [-0.05, 0) is 31.4 Å². The number of imidazole rings is 1. The van der Waals surface area contributed by atoms with Crippen LogP contribution in [0.25, 0.3) is 11.0 Å². The minimum absolute atomic E-state index is 0.135. The standard InChI is InChI=1S/C16H21N3O3S/c1-11-4-2-6-13-16(11)19-14(18-13)7-8-15(20)17-10-12-5-3-9-23(12,21)22/h2,4,6,12H,3,5,7-10H2,1H3,(H,17,20)(H,18,19). The number of fused-ring (bicyclic) bond motifs is 1. The average Bonchev–Trinajstić information content (AvgIpc) is 3.06. The van der Waals surface area contributed by atoms with Gasteiger partial charge in [0.15, 0.2) is 9.84 Å². The van der Waals surface area contributed by atoms with Crippen molar-refractivity contribution >= 4 is 26.8 Å². The van der Waals surface area contributed by atoms with E-state index in [4.69, 9.17) is 0 Å². The first kappa shape index (κ1) is 16.0. The molecular formula is C16H21N3O3S. The number of nitrogens with zero attached hydrogens (tertiary/aromatic N) is 1. The molecule has 2 aromatic rings. The monoisotopic (exact) mass is 335 g/mol. The molecule has 7 heteroatoms. The lowest BCUT2D eigenvalue weighted by Crippen LogP contribution is -2.34. The van der Waals surface area contributed by atoms with Crippen LogP contribution in [0.5, 0.6) is 0 Å². The van der Waals surface area contributed by atoms with Gasteiger partial charge in [-0.15, -0.1) is 0 Å². The molecule has 1 saturated heterocycles. The first-order valence-corrected chi connectivity index (χ1v) is 9.60. The number of hydrogen-bond donors (Lipinski definition) is 2. The summed E-state index contributed by atoms with van der Waals surface area (Å²) in [4.78, 5) is 19.6. The maximum Gasteiger partial charge on any atom is 0.220 e. The normalized spacial score (nSPS) is 20.0. The van der Waals surface area contributed by atoms with Crippen molar-refractivity contribution in [2.75, 3.05) is 12.3 Å². The summed E-state index contributed by atoms with van der Waals surface area (Å²) in [5.41, 5.74) is 3.00. The molecule has 0 spiro atoms. The summed E-state index contributed by atoms with van der Waals surface area (Å²) in [5, 5.41) is 2.32. The maximum atomic E-state index is 11.9. The quantitative estimate of drug-likeness (QED) is 0.866. The number of sulfone groups is 1. The fourth-order valence-corrected chi connectivity index (χ4v) is 4.75. The van der Waals surface area contributed by atoms with Gasteiger partial charge in [-0.3, -0.25) is 4.79 Å². The van der Waals surface area contributed by atoms with Crippen LogP contribution in [0.1, 0.15) is 30.7 Å². The van der Waals surface area contributed by atoms with Gasteiger partial charge in [-0.1, -0.05) is 12.1 Å². The smallest absolute Gasteiger partial charge is 0.220 e. The summed E-state index contributed by atoms with van der Waals surface area (Å²) in [5.74, 6) is 0.883. The van der Waals surface area contributed by atoms with E-state index in [9.17, 15) is 13.2 Å². The Labute approximate surface area is 135 Å². The third-order valence-corrected chi connectivity index (χ3v) is 6.62. The number of amides is 1. The fraction of sp³-hybridized carbons (Fsp3) is 0.500. The Balaban J connectivity index is 1.53. The number of benzene rings is 1. The van der Waals surface area contributed by atoms with Crippen molar-refractivity contribution < 1.29 is 13.2 Å². The Hall–Kier alpha value is -1.89. The van der Waals surface area contributed by atoms with E-state index < -0.39 is 15.1 Å². The van der Waals surface area contributed by atoms with Gasteiger partial charge in [-0.25, -0.2) is 13.4 Å². The number of nitrogens with one attached hydrogen (secondary N) is 2. The number of rotatable bonds is 5. The van der Waals surface area contributed by atoms with E-state index >= 15 is 0 Å². The van der Waals surface area contributed by atoms with Crippen LogP contribution in [-0.4, -0.2) is 41.8 Å². The van der Waals surface area contributed by atoms with Crippen molar-refractivity contribution in [3.05, 3.63) is 29.6 Å². The minimum atomic E-state index is -3.01. The van der Waals surface area contributed by atoms with Crippen LogP contribution in [0.3, 0.4) is 0 Å². The van der Waals surface area contributed by atoms with E-state index in [0.717, 1.165) is 22.4 Å². The number of aryl methyl sites for hydroxylation is 2. The van der Waals surface area contributed by atoms with E-state index in [2.05, 4.69) is 15.3 Å². The van der Waals surface area contributed by atoms with Gasteiger partial charge in [0.2, 0.25) is 5.91 Å². The van der Waals surface area contributed by atoms with Gasteiger partial charge in [0.05, 0.1) is 22.0 Å². The summed E-state index contributed by atoms with van der Waals surface area (Å²) in [7, 11) is -3.01. The molecule has 1 fully saturated rings. The number of aromatic amines is 1. The van der Waals surface area contributed by atoms with Crippen molar-refractivity contribution in [3.8, 4) is 0 Å². The van der Waals surface area contributed by atoms with Gasteiger partial charge in [0.1, 0.15) is 5.82 Å². The highest BCUT2D eigenvalue weighted by molar-refractivity contribution is 7.92. The van der Waals surface area contributed by atoms with Crippen molar-refractivity contribution in [2.24, 2.45) is 0 Å². The summed E-state index contributed by atoms with van der Waals surface area (Å²) < 4.78 is 23.4. The van der Waals surface area contributed by atoms with Gasteiger partial charge in [0, 0.05) is 19.4 Å². The Kier molecular flexibility index (Phi) is 4.39. The highest BCUT2D eigenvalue weighted by Gasteiger charge is 2.31. The molecule has 0 aliphatic carbocycles.